The first-order chi connectivity index (χ1) is 9.46. The van der Waals surface area contributed by atoms with Crippen LogP contribution < -0.4 is 10.6 Å². The quantitative estimate of drug-likeness (QED) is 0.768. The zero-order chi connectivity index (χ0) is 14.8. The fourth-order valence-corrected chi connectivity index (χ4v) is 2.29. The van der Waals surface area contributed by atoms with Crippen molar-refractivity contribution in [3.63, 3.8) is 0 Å². The monoisotopic (exact) mass is 276 g/mol. The highest BCUT2D eigenvalue weighted by atomic mass is 16.4. The van der Waals surface area contributed by atoms with Crippen LogP contribution in [0.3, 0.4) is 0 Å². The van der Waals surface area contributed by atoms with Crippen LogP contribution in [0.1, 0.15) is 31.4 Å². The van der Waals surface area contributed by atoms with E-state index in [0.29, 0.717) is 19.4 Å². The number of carboxylic acid groups (broad SMARTS) is 1. The van der Waals surface area contributed by atoms with Gasteiger partial charge in [-0.2, -0.15) is 0 Å². The van der Waals surface area contributed by atoms with Gasteiger partial charge in [-0.15, -0.1) is 0 Å². The molecule has 3 N–H and O–H groups in total. The topological polar surface area (TPSA) is 78.4 Å². The van der Waals surface area contributed by atoms with Crippen molar-refractivity contribution in [2.24, 2.45) is 0 Å². The van der Waals surface area contributed by atoms with Gasteiger partial charge in [0.15, 0.2) is 0 Å². The lowest BCUT2D eigenvalue weighted by molar-refractivity contribution is -0.147. The molecule has 5 nitrogen and oxygen atoms in total. The molecule has 1 aromatic rings. The highest BCUT2D eigenvalue weighted by Crippen LogP contribution is 2.17. The van der Waals surface area contributed by atoms with E-state index in [1.54, 1.807) is 6.92 Å². The molecule has 1 amide bonds. The molecule has 0 radical (unpaired) electrons. The molecule has 1 aliphatic heterocycles. The minimum absolute atomic E-state index is 0.258. The van der Waals surface area contributed by atoms with Gasteiger partial charge in [0.05, 0.1) is 6.04 Å². The molecule has 0 aromatic heterocycles. The van der Waals surface area contributed by atoms with Crippen molar-refractivity contribution in [3.8, 4) is 0 Å². The van der Waals surface area contributed by atoms with E-state index in [1.165, 1.54) is 12.5 Å². The van der Waals surface area contributed by atoms with Crippen molar-refractivity contribution in [1.29, 1.82) is 0 Å². The first-order valence-corrected chi connectivity index (χ1v) is 6.82. The van der Waals surface area contributed by atoms with E-state index in [-0.39, 0.29) is 11.9 Å². The van der Waals surface area contributed by atoms with Crippen LogP contribution in [0.25, 0.3) is 0 Å². The van der Waals surface area contributed by atoms with Crippen LogP contribution in [-0.4, -0.2) is 28.6 Å². The number of fused-ring (bicyclic) bond motifs is 1. The third kappa shape index (κ3) is 2.82. The van der Waals surface area contributed by atoms with Crippen molar-refractivity contribution >= 4 is 11.9 Å². The first-order valence-electron chi connectivity index (χ1n) is 6.82. The van der Waals surface area contributed by atoms with Crippen LogP contribution in [0.4, 0.5) is 0 Å². The lowest BCUT2D eigenvalue weighted by atomic mass is 9.93. The molecule has 0 bridgehead atoms. The Kier molecular flexibility index (Phi) is 4.09. The second-order valence-corrected chi connectivity index (χ2v) is 5.39. The maximum absolute atomic E-state index is 12.2. The standard InChI is InChI=1S/C15H20N2O3/c1-3-15(2,14(19)20)17-13(18)12-8-10-6-4-5-7-11(10)9-16-12/h4-7,12,16H,3,8-9H2,1-2H3,(H,17,18)(H,19,20)/t12-,15?/m0/s1. The number of nitrogens with one attached hydrogen (secondary N) is 2. The second-order valence-electron chi connectivity index (χ2n) is 5.39. The molecular formula is C15H20N2O3. The lowest BCUT2D eigenvalue weighted by Crippen LogP contribution is -2.58. The summed E-state index contributed by atoms with van der Waals surface area (Å²) in [4.78, 5) is 23.5. The number of aliphatic carboxylic acids is 1. The number of benzene rings is 1. The van der Waals surface area contributed by atoms with Crippen molar-refractivity contribution < 1.29 is 14.7 Å². The second kappa shape index (κ2) is 5.63. The Labute approximate surface area is 118 Å². The van der Waals surface area contributed by atoms with Crippen LogP contribution in [-0.2, 0) is 22.6 Å². The van der Waals surface area contributed by atoms with E-state index in [4.69, 9.17) is 0 Å². The predicted octanol–water partition coefficient (Wildman–Crippen LogP) is 1.07. The fraction of sp³-hybridized carbons (Fsp3) is 0.467. The summed E-state index contributed by atoms with van der Waals surface area (Å²) in [6, 6.07) is 7.58. The van der Waals surface area contributed by atoms with Crippen molar-refractivity contribution in [1.82, 2.24) is 10.6 Å². The summed E-state index contributed by atoms with van der Waals surface area (Å²) in [5, 5.41) is 15.0. The van der Waals surface area contributed by atoms with Gasteiger partial charge < -0.3 is 15.7 Å². The minimum atomic E-state index is -1.21. The van der Waals surface area contributed by atoms with Crippen LogP contribution in [0.5, 0.6) is 0 Å². The van der Waals surface area contributed by atoms with E-state index in [9.17, 15) is 14.7 Å². The average Bonchev–Trinajstić information content (AvgIpc) is 2.46. The van der Waals surface area contributed by atoms with Gasteiger partial charge in [-0.25, -0.2) is 4.79 Å². The van der Waals surface area contributed by atoms with Crippen LogP contribution in [0.2, 0.25) is 0 Å². The van der Waals surface area contributed by atoms with Crippen LogP contribution in [0, 0.1) is 0 Å². The molecule has 0 saturated carbocycles. The minimum Gasteiger partial charge on any atom is -0.480 e. The van der Waals surface area contributed by atoms with Gasteiger partial charge >= 0.3 is 5.97 Å². The van der Waals surface area contributed by atoms with Crippen molar-refractivity contribution in [2.45, 2.75) is 44.8 Å². The summed E-state index contributed by atoms with van der Waals surface area (Å²) in [5.74, 6) is -1.27. The van der Waals surface area contributed by atoms with E-state index >= 15 is 0 Å². The molecule has 1 aliphatic rings. The maximum atomic E-state index is 12.2. The molecule has 0 saturated heterocycles. The van der Waals surface area contributed by atoms with Gasteiger partial charge in [0.1, 0.15) is 5.54 Å². The van der Waals surface area contributed by atoms with E-state index in [2.05, 4.69) is 10.6 Å². The zero-order valence-corrected chi connectivity index (χ0v) is 11.8. The molecule has 5 heteroatoms. The maximum Gasteiger partial charge on any atom is 0.329 e. The van der Waals surface area contributed by atoms with Crippen molar-refractivity contribution in [3.05, 3.63) is 35.4 Å². The van der Waals surface area contributed by atoms with Gasteiger partial charge in [-0.1, -0.05) is 31.2 Å². The summed E-state index contributed by atoms with van der Waals surface area (Å²) < 4.78 is 0. The highest BCUT2D eigenvalue weighted by molar-refractivity contribution is 5.89. The number of carboxylic acids is 1. The summed E-state index contributed by atoms with van der Waals surface area (Å²) >= 11 is 0. The number of carbonyl (C=O) groups excluding carboxylic acids is 1. The summed E-state index contributed by atoms with van der Waals surface area (Å²) in [5.41, 5.74) is 1.11. The van der Waals surface area contributed by atoms with Crippen LogP contribution >= 0.6 is 0 Å². The van der Waals surface area contributed by atoms with E-state index in [1.807, 2.05) is 24.3 Å². The van der Waals surface area contributed by atoms with Gasteiger partial charge in [0.25, 0.3) is 0 Å². The number of rotatable bonds is 4. The van der Waals surface area contributed by atoms with E-state index in [0.717, 1.165) is 5.56 Å². The SMILES string of the molecule is CCC(C)(NC(=O)[C@@H]1Cc2ccccc2CN1)C(=O)O. The Bertz CT molecular complexity index is 530. The van der Waals surface area contributed by atoms with Gasteiger partial charge in [-0.05, 0) is 30.9 Å². The van der Waals surface area contributed by atoms with E-state index < -0.39 is 11.5 Å². The average molecular weight is 276 g/mol. The largest absolute Gasteiger partial charge is 0.480 e. The third-order valence-electron chi connectivity index (χ3n) is 3.98. The zero-order valence-electron chi connectivity index (χ0n) is 11.8. The smallest absolute Gasteiger partial charge is 0.329 e. The molecule has 1 unspecified atom stereocenters. The Hall–Kier alpha value is -1.88. The molecule has 0 aliphatic carbocycles. The van der Waals surface area contributed by atoms with Gasteiger partial charge in [0.2, 0.25) is 5.91 Å². The Morgan fingerprint density at radius 1 is 1.40 bits per heavy atom. The molecule has 2 rings (SSSR count). The summed E-state index contributed by atoms with van der Waals surface area (Å²) in [6.45, 7) is 3.91. The number of carbonyl (C=O) groups is 2. The molecule has 0 spiro atoms. The van der Waals surface area contributed by atoms with Crippen LogP contribution in [0.15, 0.2) is 24.3 Å². The summed E-state index contributed by atoms with van der Waals surface area (Å²) in [7, 11) is 0. The Morgan fingerprint density at radius 3 is 2.65 bits per heavy atom. The molecule has 1 heterocycles. The molecule has 2 atom stereocenters. The summed E-state index contributed by atoms with van der Waals surface area (Å²) in [6.07, 6.45) is 0.929. The number of hydrogen-bond donors (Lipinski definition) is 3. The Balaban J connectivity index is 2.07. The number of amides is 1. The lowest BCUT2D eigenvalue weighted by Gasteiger charge is -2.30. The fourth-order valence-electron chi connectivity index (χ4n) is 2.29. The predicted molar refractivity (Wildman–Crippen MR) is 75.2 cm³/mol. The Morgan fingerprint density at radius 2 is 2.05 bits per heavy atom. The molecule has 1 aromatic carbocycles. The number of hydrogen-bond acceptors (Lipinski definition) is 3. The molecule has 108 valence electrons. The molecular weight excluding hydrogens is 256 g/mol. The van der Waals surface area contributed by atoms with Gasteiger partial charge in [0, 0.05) is 6.54 Å². The molecule has 20 heavy (non-hydrogen) atoms. The highest BCUT2D eigenvalue weighted by Gasteiger charge is 2.35. The normalized spacial score (nSPS) is 20.6. The van der Waals surface area contributed by atoms with Crippen molar-refractivity contribution in [2.75, 3.05) is 0 Å². The third-order valence-corrected chi connectivity index (χ3v) is 3.98. The van der Waals surface area contributed by atoms with Gasteiger partial charge in [-0.3, -0.25) is 4.79 Å². The first kappa shape index (κ1) is 14.5. The molecule has 0 fully saturated rings.